The monoisotopic (exact) mass is 628 g/mol. The molecule has 0 unspecified atom stereocenters. The molecular formula is C27H25IN4O4S. The van der Waals surface area contributed by atoms with Crippen LogP contribution in [0.4, 0.5) is 5.69 Å². The predicted octanol–water partition coefficient (Wildman–Crippen LogP) is 5.14. The highest BCUT2D eigenvalue weighted by molar-refractivity contribution is 14.1. The first-order valence-corrected chi connectivity index (χ1v) is 13.4. The summed E-state index contributed by atoms with van der Waals surface area (Å²) in [5.41, 5.74) is 3.72. The number of rotatable bonds is 9. The number of amidine groups is 1. The molecule has 190 valence electrons. The van der Waals surface area contributed by atoms with Crippen molar-refractivity contribution < 1.29 is 19.1 Å². The molecule has 0 aromatic heterocycles. The van der Waals surface area contributed by atoms with Gasteiger partial charge in [0.25, 0.3) is 0 Å². The van der Waals surface area contributed by atoms with E-state index in [2.05, 4.69) is 56.4 Å². The van der Waals surface area contributed by atoms with Gasteiger partial charge in [-0.15, -0.1) is 5.10 Å². The summed E-state index contributed by atoms with van der Waals surface area (Å²) in [6.45, 7) is 2.48. The Bertz CT molecular complexity index is 1350. The van der Waals surface area contributed by atoms with E-state index in [4.69, 9.17) is 9.47 Å². The second kappa shape index (κ2) is 12.7. The van der Waals surface area contributed by atoms with Crippen molar-refractivity contribution in [2.24, 2.45) is 10.2 Å². The number of methoxy groups -OCH3 is 1. The number of halogens is 1. The first-order chi connectivity index (χ1) is 17.9. The summed E-state index contributed by atoms with van der Waals surface area (Å²) in [6.07, 6.45) is 1.61. The molecule has 2 N–H and O–H groups in total. The summed E-state index contributed by atoms with van der Waals surface area (Å²) in [5.74, 6) is 0.733. The number of aryl methyl sites for hydroxylation is 1. The fourth-order valence-electron chi connectivity index (χ4n) is 3.51. The molecule has 1 aliphatic rings. The molecule has 1 fully saturated rings. The summed E-state index contributed by atoms with van der Waals surface area (Å²) in [6, 6.07) is 20.9. The molecule has 3 aromatic rings. The van der Waals surface area contributed by atoms with Gasteiger partial charge in [0.2, 0.25) is 11.8 Å². The molecule has 1 atom stereocenters. The van der Waals surface area contributed by atoms with Crippen LogP contribution in [0.3, 0.4) is 0 Å². The number of hydrogen-bond acceptors (Lipinski definition) is 7. The van der Waals surface area contributed by atoms with Gasteiger partial charge in [0.05, 0.1) is 16.9 Å². The van der Waals surface area contributed by atoms with E-state index in [0.717, 1.165) is 20.3 Å². The summed E-state index contributed by atoms with van der Waals surface area (Å²) in [7, 11) is 1.59. The van der Waals surface area contributed by atoms with Crippen molar-refractivity contribution in [1.82, 2.24) is 5.32 Å². The molecule has 4 rings (SSSR count). The highest BCUT2D eigenvalue weighted by Crippen LogP contribution is 2.34. The van der Waals surface area contributed by atoms with Gasteiger partial charge < -0.3 is 20.1 Å². The zero-order valence-electron chi connectivity index (χ0n) is 20.2. The van der Waals surface area contributed by atoms with Gasteiger partial charge in [-0.1, -0.05) is 54.2 Å². The van der Waals surface area contributed by atoms with Gasteiger partial charge in [0.15, 0.2) is 16.7 Å². The van der Waals surface area contributed by atoms with Crippen LogP contribution in [0.15, 0.2) is 76.9 Å². The number of para-hydroxylation sites is 1. The van der Waals surface area contributed by atoms with Crippen LogP contribution in [0.25, 0.3) is 0 Å². The van der Waals surface area contributed by atoms with Crippen molar-refractivity contribution in [3.63, 3.8) is 0 Å². The third kappa shape index (κ3) is 7.32. The van der Waals surface area contributed by atoms with Crippen LogP contribution >= 0.6 is 34.4 Å². The Labute approximate surface area is 233 Å². The van der Waals surface area contributed by atoms with Crippen LogP contribution in [0.1, 0.15) is 23.1 Å². The van der Waals surface area contributed by atoms with Crippen molar-refractivity contribution in [3.8, 4) is 11.5 Å². The number of carbonyl (C=O) groups is 2. The van der Waals surface area contributed by atoms with Crippen LogP contribution in [-0.2, 0) is 16.2 Å². The lowest BCUT2D eigenvalue weighted by molar-refractivity contribution is -0.122. The van der Waals surface area contributed by atoms with E-state index < -0.39 is 5.25 Å². The summed E-state index contributed by atoms with van der Waals surface area (Å²) in [4.78, 5) is 24.6. The lowest BCUT2D eigenvalue weighted by atomic mass is 10.1. The van der Waals surface area contributed by atoms with Gasteiger partial charge in [-0.3, -0.25) is 9.59 Å². The van der Waals surface area contributed by atoms with Crippen LogP contribution in [0.5, 0.6) is 11.5 Å². The lowest BCUT2D eigenvalue weighted by Crippen LogP contribution is -2.28. The highest BCUT2D eigenvalue weighted by atomic mass is 127. The molecular weight excluding hydrogens is 603 g/mol. The van der Waals surface area contributed by atoms with Gasteiger partial charge in [-0.2, -0.15) is 5.10 Å². The van der Waals surface area contributed by atoms with E-state index in [0.29, 0.717) is 29.0 Å². The SMILES string of the molecule is COc1cc(/C=N\N=C2\NC(=O)[C@H](CC(=O)Nc3ccccc3)S2)cc(I)c1OCc1ccccc1C. The molecule has 1 heterocycles. The molecule has 10 heteroatoms. The van der Waals surface area contributed by atoms with Crippen LogP contribution < -0.4 is 20.1 Å². The minimum atomic E-state index is -0.566. The molecule has 8 nitrogen and oxygen atoms in total. The largest absolute Gasteiger partial charge is 0.493 e. The fraction of sp³-hybridized carbons (Fsp3) is 0.185. The molecule has 0 aliphatic carbocycles. The van der Waals surface area contributed by atoms with E-state index in [1.165, 1.54) is 11.8 Å². The van der Waals surface area contributed by atoms with E-state index in [1.807, 2.05) is 48.5 Å². The number of thioether (sulfide) groups is 1. The van der Waals surface area contributed by atoms with Crippen LogP contribution in [-0.4, -0.2) is 35.6 Å². The smallest absolute Gasteiger partial charge is 0.240 e. The second-order valence-electron chi connectivity index (χ2n) is 8.11. The zero-order valence-corrected chi connectivity index (χ0v) is 23.2. The number of nitrogens with zero attached hydrogens (tertiary/aromatic N) is 2. The van der Waals surface area contributed by atoms with Crippen molar-refractivity contribution in [2.45, 2.75) is 25.2 Å². The maximum absolute atomic E-state index is 12.3. The van der Waals surface area contributed by atoms with Gasteiger partial charge in [-0.05, 0) is 70.5 Å². The minimum Gasteiger partial charge on any atom is -0.493 e. The molecule has 3 aromatic carbocycles. The fourth-order valence-corrected chi connectivity index (χ4v) is 5.22. The molecule has 0 bridgehead atoms. The van der Waals surface area contributed by atoms with E-state index in [-0.39, 0.29) is 18.2 Å². The Morgan fingerprint density at radius 3 is 2.68 bits per heavy atom. The van der Waals surface area contributed by atoms with Gasteiger partial charge in [-0.25, -0.2) is 0 Å². The second-order valence-corrected chi connectivity index (χ2v) is 10.5. The number of anilines is 1. The maximum atomic E-state index is 12.3. The van der Waals surface area contributed by atoms with Crippen LogP contribution in [0, 0.1) is 10.5 Å². The van der Waals surface area contributed by atoms with Gasteiger partial charge in [0, 0.05) is 12.1 Å². The van der Waals surface area contributed by atoms with Crippen molar-refractivity contribution in [2.75, 3.05) is 12.4 Å². The van der Waals surface area contributed by atoms with Gasteiger partial charge >= 0.3 is 0 Å². The standard InChI is InChI=1S/C27H25IN4O4S/c1-17-8-6-7-9-19(17)16-36-25-21(28)12-18(13-22(25)35-2)15-29-32-27-31-26(34)23(37-27)14-24(33)30-20-10-4-3-5-11-20/h3-13,15,23H,14,16H2,1-2H3,(H,30,33)(H,31,32,34)/b29-15-/t23-/m0/s1. The number of ether oxygens (including phenoxy) is 2. The zero-order chi connectivity index (χ0) is 26.2. The summed E-state index contributed by atoms with van der Waals surface area (Å²) >= 11 is 3.38. The quantitative estimate of drug-likeness (QED) is 0.194. The maximum Gasteiger partial charge on any atom is 0.240 e. The molecule has 1 saturated heterocycles. The van der Waals surface area contributed by atoms with Gasteiger partial charge in [0.1, 0.15) is 11.9 Å². The molecule has 0 saturated carbocycles. The normalized spacial score (nSPS) is 16.1. The van der Waals surface area contributed by atoms with Crippen molar-refractivity contribution in [1.29, 1.82) is 0 Å². The van der Waals surface area contributed by atoms with Crippen molar-refractivity contribution >= 4 is 63.2 Å². The Balaban J connectivity index is 1.37. The first kappa shape index (κ1) is 26.7. The van der Waals surface area contributed by atoms with Crippen LogP contribution in [0.2, 0.25) is 0 Å². The number of nitrogens with one attached hydrogen (secondary N) is 2. The third-order valence-corrected chi connectivity index (χ3v) is 7.32. The number of carbonyl (C=O) groups excluding carboxylic acids is 2. The average molecular weight is 628 g/mol. The molecule has 2 amide bonds. The Hall–Kier alpha value is -3.38. The number of amides is 2. The number of benzene rings is 3. The summed E-state index contributed by atoms with van der Waals surface area (Å²) in [5, 5.41) is 13.5. The molecule has 37 heavy (non-hydrogen) atoms. The van der Waals surface area contributed by atoms with E-state index in [1.54, 1.807) is 25.5 Å². The van der Waals surface area contributed by atoms with Crippen molar-refractivity contribution in [3.05, 3.63) is 87.0 Å². The molecule has 0 radical (unpaired) electrons. The Morgan fingerprint density at radius 2 is 1.92 bits per heavy atom. The topological polar surface area (TPSA) is 101 Å². The highest BCUT2D eigenvalue weighted by Gasteiger charge is 2.32. The average Bonchev–Trinajstić information content (AvgIpc) is 3.23. The lowest BCUT2D eigenvalue weighted by Gasteiger charge is -2.14. The Kier molecular flexibility index (Phi) is 9.18. The third-order valence-electron chi connectivity index (χ3n) is 5.45. The first-order valence-electron chi connectivity index (χ1n) is 11.4. The predicted molar refractivity (Wildman–Crippen MR) is 155 cm³/mol. The molecule has 0 spiro atoms. The minimum absolute atomic E-state index is 0.0352. The van der Waals surface area contributed by atoms with E-state index >= 15 is 0 Å². The Morgan fingerprint density at radius 1 is 1.16 bits per heavy atom. The molecule has 1 aliphatic heterocycles. The number of hydrogen-bond donors (Lipinski definition) is 2. The van der Waals surface area contributed by atoms with E-state index in [9.17, 15) is 9.59 Å². The summed E-state index contributed by atoms with van der Waals surface area (Å²) < 4.78 is 12.5.